The molecule has 2 saturated heterocycles. The van der Waals surface area contributed by atoms with E-state index in [1.165, 1.54) is 0 Å². The number of carbonyl (C=O) groups is 2. The Morgan fingerprint density at radius 3 is 3.04 bits per heavy atom. The SMILES string of the molecule is CNc1cccc(C2CN(C(=O)CN3CCCCCC3=O)CCO2)n1. The Morgan fingerprint density at radius 2 is 2.20 bits per heavy atom. The van der Waals surface area contributed by atoms with Crippen LogP contribution < -0.4 is 5.32 Å². The fourth-order valence-electron chi connectivity index (χ4n) is 3.29. The number of hydrogen-bond donors (Lipinski definition) is 1. The van der Waals surface area contributed by atoms with E-state index in [4.69, 9.17) is 4.74 Å². The third-order valence-electron chi connectivity index (χ3n) is 4.77. The number of likely N-dealkylation sites (tertiary alicyclic amines) is 1. The molecule has 0 spiro atoms. The molecule has 136 valence electrons. The van der Waals surface area contributed by atoms with Crippen LogP contribution in [0.1, 0.15) is 37.5 Å². The maximum Gasteiger partial charge on any atom is 0.242 e. The van der Waals surface area contributed by atoms with Crippen LogP contribution in [0.25, 0.3) is 0 Å². The van der Waals surface area contributed by atoms with Crippen molar-refractivity contribution in [2.75, 3.05) is 45.2 Å². The summed E-state index contributed by atoms with van der Waals surface area (Å²) < 4.78 is 5.81. The van der Waals surface area contributed by atoms with Gasteiger partial charge in [-0.2, -0.15) is 0 Å². The van der Waals surface area contributed by atoms with E-state index in [2.05, 4.69) is 10.3 Å². The number of amides is 2. The summed E-state index contributed by atoms with van der Waals surface area (Å²) in [5.41, 5.74) is 0.815. The maximum absolute atomic E-state index is 12.7. The van der Waals surface area contributed by atoms with E-state index in [1.807, 2.05) is 25.2 Å². The summed E-state index contributed by atoms with van der Waals surface area (Å²) in [5, 5.41) is 3.01. The van der Waals surface area contributed by atoms with Crippen LogP contribution in [0.4, 0.5) is 5.82 Å². The summed E-state index contributed by atoms with van der Waals surface area (Å²) in [5.74, 6) is 0.868. The van der Waals surface area contributed by atoms with Crippen molar-refractivity contribution >= 4 is 17.6 Å². The number of morpholine rings is 1. The molecule has 0 aliphatic carbocycles. The zero-order chi connectivity index (χ0) is 17.6. The minimum Gasteiger partial charge on any atom is -0.373 e. The van der Waals surface area contributed by atoms with Crippen LogP contribution in [-0.4, -0.2) is 66.4 Å². The van der Waals surface area contributed by atoms with E-state index in [9.17, 15) is 9.59 Å². The monoisotopic (exact) mass is 346 g/mol. The van der Waals surface area contributed by atoms with Gasteiger partial charge in [-0.3, -0.25) is 9.59 Å². The molecule has 1 unspecified atom stereocenters. The van der Waals surface area contributed by atoms with E-state index in [0.29, 0.717) is 32.7 Å². The molecular weight excluding hydrogens is 320 g/mol. The number of carbonyl (C=O) groups excluding carboxylic acids is 2. The lowest BCUT2D eigenvalue weighted by Gasteiger charge is -2.34. The Balaban J connectivity index is 1.62. The molecule has 0 saturated carbocycles. The number of anilines is 1. The molecule has 0 bridgehead atoms. The Hall–Kier alpha value is -2.15. The first-order chi connectivity index (χ1) is 12.2. The lowest BCUT2D eigenvalue weighted by Crippen LogP contribution is -2.47. The number of nitrogens with zero attached hydrogens (tertiary/aromatic N) is 3. The van der Waals surface area contributed by atoms with Crippen molar-refractivity contribution in [1.82, 2.24) is 14.8 Å². The van der Waals surface area contributed by atoms with E-state index >= 15 is 0 Å². The molecule has 0 radical (unpaired) electrons. The third kappa shape index (κ3) is 4.48. The van der Waals surface area contributed by atoms with Gasteiger partial charge in [0, 0.05) is 26.6 Å². The van der Waals surface area contributed by atoms with Crippen LogP contribution in [0.15, 0.2) is 18.2 Å². The molecule has 2 aliphatic rings. The summed E-state index contributed by atoms with van der Waals surface area (Å²) in [7, 11) is 1.82. The normalized spacial score (nSPS) is 21.8. The van der Waals surface area contributed by atoms with E-state index in [0.717, 1.165) is 30.8 Å². The van der Waals surface area contributed by atoms with Gasteiger partial charge < -0.3 is 19.9 Å². The largest absolute Gasteiger partial charge is 0.373 e. The number of aromatic nitrogens is 1. The lowest BCUT2D eigenvalue weighted by molar-refractivity contribution is -0.145. The highest BCUT2D eigenvalue weighted by atomic mass is 16.5. The average Bonchev–Trinajstić information content (AvgIpc) is 2.86. The minimum atomic E-state index is -0.231. The number of rotatable bonds is 4. The van der Waals surface area contributed by atoms with Gasteiger partial charge in [0.15, 0.2) is 0 Å². The second-order valence-electron chi connectivity index (χ2n) is 6.52. The Kier molecular flexibility index (Phi) is 5.86. The van der Waals surface area contributed by atoms with Crippen molar-refractivity contribution in [3.8, 4) is 0 Å². The molecule has 2 fully saturated rings. The summed E-state index contributed by atoms with van der Waals surface area (Å²) in [6, 6.07) is 5.73. The summed E-state index contributed by atoms with van der Waals surface area (Å²) in [6.45, 7) is 2.37. The topological polar surface area (TPSA) is 74.8 Å². The second kappa shape index (κ2) is 8.29. The van der Waals surface area contributed by atoms with Crippen molar-refractivity contribution in [3.63, 3.8) is 0 Å². The fourth-order valence-corrected chi connectivity index (χ4v) is 3.29. The number of pyridine rings is 1. The molecule has 1 atom stereocenters. The quantitative estimate of drug-likeness (QED) is 0.893. The van der Waals surface area contributed by atoms with Gasteiger partial charge in [0.25, 0.3) is 0 Å². The van der Waals surface area contributed by atoms with Gasteiger partial charge >= 0.3 is 0 Å². The molecule has 7 nitrogen and oxygen atoms in total. The van der Waals surface area contributed by atoms with E-state index < -0.39 is 0 Å². The molecule has 3 rings (SSSR count). The molecule has 1 aromatic heterocycles. The molecule has 1 N–H and O–H groups in total. The minimum absolute atomic E-state index is 0.00618. The summed E-state index contributed by atoms with van der Waals surface area (Å²) >= 11 is 0. The van der Waals surface area contributed by atoms with Gasteiger partial charge in [-0.05, 0) is 25.0 Å². The van der Waals surface area contributed by atoms with Crippen molar-refractivity contribution < 1.29 is 14.3 Å². The Labute approximate surface area is 148 Å². The average molecular weight is 346 g/mol. The standard InChI is InChI=1S/C18H26N4O3/c1-19-16-7-5-6-14(20-16)15-12-22(10-11-25-15)18(24)13-21-9-4-2-3-8-17(21)23/h5-7,15H,2-4,8-13H2,1H3,(H,19,20). The van der Waals surface area contributed by atoms with Crippen LogP contribution in [0, 0.1) is 0 Å². The van der Waals surface area contributed by atoms with Crippen LogP contribution in [0.2, 0.25) is 0 Å². The highest BCUT2D eigenvalue weighted by Crippen LogP contribution is 2.22. The zero-order valence-electron chi connectivity index (χ0n) is 14.7. The first-order valence-corrected chi connectivity index (χ1v) is 8.99. The van der Waals surface area contributed by atoms with Gasteiger partial charge in [-0.15, -0.1) is 0 Å². The Bertz CT molecular complexity index is 622. The highest BCUT2D eigenvalue weighted by molar-refractivity contribution is 5.85. The number of nitrogens with one attached hydrogen (secondary N) is 1. The van der Waals surface area contributed by atoms with Crippen molar-refractivity contribution in [1.29, 1.82) is 0 Å². The fraction of sp³-hybridized carbons (Fsp3) is 0.611. The smallest absolute Gasteiger partial charge is 0.242 e. The van der Waals surface area contributed by atoms with Crippen molar-refractivity contribution in [2.45, 2.75) is 31.8 Å². The molecule has 0 aromatic carbocycles. The second-order valence-corrected chi connectivity index (χ2v) is 6.52. The van der Waals surface area contributed by atoms with E-state index in [-0.39, 0.29) is 24.5 Å². The third-order valence-corrected chi connectivity index (χ3v) is 4.77. The predicted molar refractivity (Wildman–Crippen MR) is 94.1 cm³/mol. The van der Waals surface area contributed by atoms with Crippen molar-refractivity contribution in [2.24, 2.45) is 0 Å². The van der Waals surface area contributed by atoms with Crippen LogP contribution in [0.3, 0.4) is 0 Å². The lowest BCUT2D eigenvalue weighted by atomic mass is 10.2. The molecule has 7 heteroatoms. The summed E-state index contributed by atoms with van der Waals surface area (Å²) in [4.78, 5) is 32.8. The summed E-state index contributed by atoms with van der Waals surface area (Å²) in [6.07, 6.45) is 3.29. The van der Waals surface area contributed by atoms with Crippen LogP contribution >= 0.6 is 0 Å². The van der Waals surface area contributed by atoms with Crippen LogP contribution in [0.5, 0.6) is 0 Å². The number of hydrogen-bond acceptors (Lipinski definition) is 5. The van der Waals surface area contributed by atoms with Gasteiger partial charge in [0.2, 0.25) is 11.8 Å². The molecule has 1 aromatic rings. The first-order valence-electron chi connectivity index (χ1n) is 8.99. The zero-order valence-corrected chi connectivity index (χ0v) is 14.7. The molecule has 3 heterocycles. The molecule has 25 heavy (non-hydrogen) atoms. The molecule has 2 amide bonds. The van der Waals surface area contributed by atoms with Gasteiger partial charge in [-0.1, -0.05) is 12.5 Å². The first kappa shape index (κ1) is 17.7. The predicted octanol–water partition coefficient (Wildman–Crippen LogP) is 1.43. The highest BCUT2D eigenvalue weighted by Gasteiger charge is 2.28. The molecule has 2 aliphatic heterocycles. The van der Waals surface area contributed by atoms with Gasteiger partial charge in [0.1, 0.15) is 11.9 Å². The van der Waals surface area contributed by atoms with Gasteiger partial charge in [0.05, 0.1) is 25.4 Å². The Morgan fingerprint density at radius 1 is 1.32 bits per heavy atom. The number of ether oxygens (including phenoxy) is 1. The van der Waals surface area contributed by atoms with Gasteiger partial charge in [-0.25, -0.2) is 4.98 Å². The van der Waals surface area contributed by atoms with E-state index in [1.54, 1.807) is 9.80 Å². The maximum atomic E-state index is 12.7. The van der Waals surface area contributed by atoms with Crippen LogP contribution in [-0.2, 0) is 14.3 Å². The van der Waals surface area contributed by atoms with Crippen molar-refractivity contribution in [3.05, 3.63) is 23.9 Å². The molecular formula is C18H26N4O3.